The molecular weight excluding hydrogens is 370 g/mol. The van der Waals surface area contributed by atoms with Crippen LogP contribution in [0.5, 0.6) is 0 Å². The van der Waals surface area contributed by atoms with Crippen molar-refractivity contribution in [3.63, 3.8) is 0 Å². The Morgan fingerprint density at radius 3 is 1.90 bits per heavy atom. The Morgan fingerprint density at radius 2 is 1.27 bits per heavy atom. The van der Waals surface area contributed by atoms with Gasteiger partial charge < -0.3 is 11.1 Å². The molecule has 3 rings (SSSR count). The van der Waals surface area contributed by atoms with Crippen LogP contribution < -0.4 is 11.1 Å². The molecule has 4 nitrogen and oxygen atoms in total. The molecule has 1 heterocycles. The van der Waals surface area contributed by atoms with Gasteiger partial charge in [0.2, 0.25) is 0 Å². The second-order valence-corrected chi connectivity index (χ2v) is 8.06. The molecule has 4 heteroatoms. The van der Waals surface area contributed by atoms with Crippen molar-refractivity contribution in [2.75, 3.05) is 19.6 Å². The number of hydrogen-bond acceptors (Lipinski definition) is 4. The summed E-state index contributed by atoms with van der Waals surface area (Å²) < 4.78 is 0. The Kier molecular flexibility index (Phi) is 9.26. The lowest BCUT2D eigenvalue weighted by Gasteiger charge is -2.10. The van der Waals surface area contributed by atoms with E-state index in [4.69, 9.17) is 10.7 Å². The summed E-state index contributed by atoms with van der Waals surface area (Å²) in [7, 11) is 0. The molecule has 0 aliphatic heterocycles. The number of fused-ring (bicyclic) bond motifs is 2. The zero-order valence-corrected chi connectivity index (χ0v) is 18.0. The molecule has 0 bridgehead atoms. The SMILES string of the molecule is NCCCNCCCCCCCCCC(=O)c1c2ccccc2nc2ccccc12. The Hall–Kier alpha value is -2.30. The molecule has 0 fully saturated rings. The van der Waals surface area contributed by atoms with Crippen LogP contribution >= 0.6 is 0 Å². The van der Waals surface area contributed by atoms with Crippen LogP contribution in [-0.4, -0.2) is 30.4 Å². The van der Waals surface area contributed by atoms with E-state index in [1.54, 1.807) is 0 Å². The fourth-order valence-electron chi connectivity index (χ4n) is 4.04. The summed E-state index contributed by atoms with van der Waals surface area (Å²) in [5, 5.41) is 5.38. The highest BCUT2D eigenvalue weighted by atomic mass is 16.1. The number of ketones is 1. The van der Waals surface area contributed by atoms with Gasteiger partial charge in [-0.1, -0.05) is 68.5 Å². The summed E-state index contributed by atoms with van der Waals surface area (Å²) in [6, 6.07) is 16.0. The highest BCUT2D eigenvalue weighted by molar-refractivity contribution is 6.16. The number of nitrogens with zero attached hydrogens (tertiary/aromatic N) is 1. The van der Waals surface area contributed by atoms with E-state index in [2.05, 4.69) is 5.32 Å². The molecule has 0 unspecified atom stereocenters. The van der Waals surface area contributed by atoms with Crippen molar-refractivity contribution >= 4 is 27.6 Å². The molecule has 0 saturated carbocycles. The molecule has 0 aliphatic carbocycles. The number of Topliss-reactive ketones (excluding diaryl/α,β-unsaturated/α-hetero) is 1. The van der Waals surface area contributed by atoms with Crippen molar-refractivity contribution in [3.05, 3.63) is 54.1 Å². The van der Waals surface area contributed by atoms with E-state index in [0.717, 1.165) is 66.3 Å². The van der Waals surface area contributed by atoms with E-state index in [1.165, 1.54) is 32.1 Å². The zero-order chi connectivity index (χ0) is 21.0. The lowest BCUT2D eigenvalue weighted by atomic mass is 9.96. The van der Waals surface area contributed by atoms with Crippen molar-refractivity contribution in [3.8, 4) is 0 Å². The van der Waals surface area contributed by atoms with E-state index in [9.17, 15) is 4.79 Å². The number of nitrogens with one attached hydrogen (secondary N) is 1. The average molecular weight is 406 g/mol. The van der Waals surface area contributed by atoms with Crippen molar-refractivity contribution in [2.24, 2.45) is 5.73 Å². The first-order valence-electron chi connectivity index (χ1n) is 11.5. The fraction of sp³-hybridized carbons (Fsp3) is 0.462. The van der Waals surface area contributed by atoms with Gasteiger partial charge in [-0.2, -0.15) is 0 Å². The first-order valence-corrected chi connectivity index (χ1v) is 11.5. The molecular formula is C26H35N3O. The number of aromatic nitrogens is 1. The second kappa shape index (κ2) is 12.4. The molecule has 30 heavy (non-hydrogen) atoms. The number of carbonyl (C=O) groups is 1. The van der Waals surface area contributed by atoms with E-state index < -0.39 is 0 Å². The minimum Gasteiger partial charge on any atom is -0.330 e. The smallest absolute Gasteiger partial charge is 0.164 e. The third-order valence-electron chi connectivity index (χ3n) is 5.68. The molecule has 0 atom stereocenters. The predicted octanol–water partition coefficient (Wildman–Crippen LogP) is 5.63. The van der Waals surface area contributed by atoms with Crippen LogP contribution in [0, 0.1) is 0 Å². The summed E-state index contributed by atoms with van der Waals surface area (Å²) in [6.45, 7) is 2.90. The number of rotatable bonds is 14. The number of nitrogens with two attached hydrogens (primary N) is 1. The first-order chi connectivity index (χ1) is 14.8. The molecule has 3 aromatic rings. The Balaban J connectivity index is 1.43. The molecule has 1 aromatic heterocycles. The number of pyridine rings is 1. The summed E-state index contributed by atoms with van der Waals surface area (Å²) in [5.41, 5.74) is 8.13. The summed E-state index contributed by atoms with van der Waals surface area (Å²) in [6.07, 6.45) is 10.0. The van der Waals surface area contributed by atoms with Crippen LogP contribution in [-0.2, 0) is 0 Å². The van der Waals surface area contributed by atoms with Crippen molar-refractivity contribution < 1.29 is 4.79 Å². The highest BCUT2D eigenvalue weighted by Crippen LogP contribution is 2.27. The highest BCUT2D eigenvalue weighted by Gasteiger charge is 2.15. The largest absolute Gasteiger partial charge is 0.330 e. The molecule has 2 aromatic carbocycles. The van der Waals surface area contributed by atoms with Crippen molar-refractivity contribution in [2.45, 2.75) is 57.8 Å². The first kappa shape index (κ1) is 22.4. The number of hydrogen-bond donors (Lipinski definition) is 2. The summed E-state index contributed by atoms with van der Waals surface area (Å²) >= 11 is 0. The van der Waals surface area contributed by atoms with Crippen LogP contribution in [0.2, 0.25) is 0 Å². The van der Waals surface area contributed by atoms with Gasteiger partial charge >= 0.3 is 0 Å². The summed E-state index contributed by atoms with van der Waals surface area (Å²) in [5.74, 6) is 0.244. The van der Waals surface area contributed by atoms with Crippen molar-refractivity contribution in [1.29, 1.82) is 0 Å². The van der Waals surface area contributed by atoms with Gasteiger partial charge in [0.05, 0.1) is 11.0 Å². The molecule has 3 N–H and O–H groups in total. The molecule has 0 saturated heterocycles. The van der Waals surface area contributed by atoms with Gasteiger partial charge in [-0.15, -0.1) is 0 Å². The van der Waals surface area contributed by atoms with Gasteiger partial charge in [-0.25, -0.2) is 4.98 Å². The lowest BCUT2D eigenvalue weighted by molar-refractivity contribution is 0.0982. The number of carbonyl (C=O) groups excluding carboxylic acids is 1. The standard InChI is InChI=1S/C26H35N3O/c27-18-12-20-28-19-11-5-3-1-2-4-6-17-25(30)26-21-13-7-9-15-23(21)29-24-16-10-8-14-22(24)26/h7-10,13-16,28H,1-6,11-12,17-20,27H2. The normalized spacial score (nSPS) is 11.4. The van der Waals surface area contributed by atoms with Gasteiger partial charge in [0, 0.05) is 22.8 Å². The molecule has 0 spiro atoms. The number of unbranched alkanes of at least 4 members (excludes halogenated alkanes) is 6. The Labute approximate surface area is 180 Å². The molecule has 0 amide bonds. The quantitative estimate of drug-likeness (QED) is 0.207. The fourth-order valence-corrected chi connectivity index (χ4v) is 4.04. The maximum Gasteiger partial charge on any atom is 0.164 e. The zero-order valence-electron chi connectivity index (χ0n) is 18.0. The van der Waals surface area contributed by atoms with Crippen LogP contribution in [0.4, 0.5) is 0 Å². The Bertz CT molecular complexity index is 884. The van der Waals surface area contributed by atoms with Gasteiger partial charge in [-0.3, -0.25) is 4.79 Å². The van der Waals surface area contributed by atoms with Gasteiger partial charge in [0.15, 0.2) is 5.78 Å². The van der Waals surface area contributed by atoms with E-state index in [-0.39, 0.29) is 5.78 Å². The van der Waals surface area contributed by atoms with Gasteiger partial charge in [0.1, 0.15) is 0 Å². The van der Waals surface area contributed by atoms with Crippen LogP contribution in [0.3, 0.4) is 0 Å². The number of para-hydroxylation sites is 2. The van der Waals surface area contributed by atoms with Crippen LogP contribution in [0.1, 0.15) is 68.1 Å². The van der Waals surface area contributed by atoms with E-state index in [1.807, 2.05) is 48.5 Å². The van der Waals surface area contributed by atoms with Gasteiger partial charge in [0.25, 0.3) is 0 Å². The van der Waals surface area contributed by atoms with Crippen LogP contribution in [0.25, 0.3) is 21.8 Å². The predicted molar refractivity (Wildman–Crippen MR) is 127 cm³/mol. The van der Waals surface area contributed by atoms with E-state index in [0.29, 0.717) is 6.42 Å². The van der Waals surface area contributed by atoms with E-state index >= 15 is 0 Å². The third-order valence-corrected chi connectivity index (χ3v) is 5.68. The minimum atomic E-state index is 0.244. The second-order valence-electron chi connectivity index (χ2n) is 8.06. The molecule has 0 radical (unpaired) electrons. The van der Waals surface area contributed by atoms with Crippen LogP contribution in [0.15, 0.2) is 48.5 Å². The average Bonchev–Trinajstić information content (AvgIpc) is 2.78. The third kappa shape index (κ3) is 6.35. The van der Waals surface area contributed by atoms with Gasteiger partial charge in [-0.05, 0) is 51.0 Å². The molecule has 160 valence electrons. The maximum absolute atomic E-state index is 13.1. The number of benzene rings is 2. The summed E-state index contributed by atoms with van der Waals surface area (Å²) in [4.78, 5) is 17.8. The van der Waals surface area contributed by atoms with Crippen molar-refractivity contribution in [1.82, 2.24) is 10.3 Å². The topological polar surface area (TPSA) is 68.0 Å². The monoisotopic (exact) mass is 405 g/mol. The minimum absolute atomic E-state index is 0.244. The molecule has 0 aliphatic rings. The Morgan fingerprint density at radius 1 is 0.733 bits per heavy atom. The lowest BCUT2D eigenvalue weighted by Crippen LogP contribution is -2.19. The maximum atomic E-state index is 13.1.